The molecule has 0 radical (unpaired) electrons. The molecule has 0 aromatic heterocycles. The van der Waals surface area contributed by atoms with Crippen molar-refractivity contribution in [2.75, 3.05) is 26.0 Å². The predicted molar refractivity (Wildman–Crippen MR) is 102 cm³/mol. The van der Waals surface area contributed by atoms with Gasteiger partial charge in [0.05, 0.1) is 12.1 Å². The first-order valence-electron chi connectivity index (χ1n) is 8.18. The maximum atomic E-state index is 12.2. The zero-order valence-corrected chi connectivity index (χ0v) is 15.1. The first-order valence-corrected chi connectivity index (χ1v) is 8.56. The lowest BCUT2D eigenvalue weighted by Gasteiger charge is -2.25. The Hall–Kier alpha value is -2.30. The number of hydrogen-bond donors (Lipinski definition) is 1. The Morgan fingerprint density at radius 1 is 1.24 bits per heavy atom. The molecule has 1 heterocycles. The second-order valence-corrected chi connectivity index (χ2v) is 6.60. The zero-order chi connectivity index (χ0) is 17.8. The smallest absolute Gasteiger partial charge is 0.248 e. The highest BCUT2D eigenvalue weighted by Crippen LogP contribution is 2.25. The minimum atomic E-state index is -0.170. The number of likely N-dealkylation sites (N-methyl/N-ethyl adjacent to an activating group) is 1. The molecule has 25 heavy (non-hydrogen) atoms. The topological polar surface area (TPSA) is 41.6 Å². The van der Waals surface area contributed by atoms with E-state index in [0.29, 0.717) is 10.8 Å². The third-order valence-electron chi connectivity index (χ3n) is 4.28. The average molecular weight is 357 g/mol. The van der Waals surface area contributed by atoms with Crippen molar-refractivity contribution in [3.63, 3.8) is 0 Å². The van der Waals surface area contributed by atoms with Gasteiger partial charge in [-0.1, -0.05) is 23.7 Å². The summed E-state index contributed by atoms with van der Waals surface area (Å²) >= 11 is 6.09. The van der Waals surface area contributed by atoms with Gasteiger partial charge in [0.25, 0.3) is 0 Å². The number of benzene rings is 2. The van der Waals surface area contributed by atoms with E-state index < -0.39 is 0 Å². The molecule has 1 amide bonds. The molecule has 4 nitrogen and oxygen atoms in total. The third-order valence-corrected chi connectivity index (χ3v) is 4.58. The molecule has 0 saturated heterocycles. The number of fused-ring (bicyclic) bond motifs is 1. The second kappa shape index (κ2) is 7.72. The molecule has 3 rings (SSSR count). The molecular weight excluding hydrogens is 336 g/mol. The predicted octanol–water partition coefficient (Wildman–Crippen LogP) is 3.99. The first-order chi connectivity index (χ1) is 12.0. The lowest BCUT2D eigenvalue weighted by Crippen LogP contribution is -2.26. The Kier molecular flexibility index (Phi) is 5.41. The van der Waals surface area contributed by atoms with Crippen molar-refractivity contribution in [3.8, 4) is 5.75 Å². The summed E-state index contributed by atoms with van der Waals surface area (Å²) < 4.78 is 5.12. The van der Waals surface area contributed by atoms with E-state index in [9.17, 15) is 4.79 Å². The van der Waals surface area contributed by atoms with Gasteiger partial charge in [-0.25, -0.2) is 0 Å². The number of carbonyl (C=O) groups is 1. The van der Waals surface area contributed by atoms with Crippen LogP contribution in [0.15, 0.2) is 42.5 Å². The Balaban J connectivity index is 1.66. The highest BCUT2D eigenvalue weighted by atomic mass is 35.5. The van der Waals surface area contributed by atoms with E-state index in [0.717, 1.165) is 30.8 Å². The maximum absolute atomic E-state index is 12.2. The number of methoxy groups -OCH3 is 1. The summed E-state index contributed by atoms with van der Waals surface area (Å²) in [5, 5.41) is 3.43. The summed E-state index contributed by atoms with van der Waals surface area (Å²) in [6.45, 7) is 1.99. The molecule has 0 saturated carbocycles. The molecule has 0 bridgehead atoms. The minimum absolute atomic E-state index is 0.170. The number of carbonyl (C=O) groups excluding carboxylic acids is 1. The van der Waals surface area contributed by atoms with Gasteiger partial charge in [0.2, 0.25) is 5.91 Å². The number of ether oxygens (including phenoxy) is 1. The Morgan fingerprint density at radius 3 is 2.84 bits per heavy atom. The lowest BCUT2D eigenvalue weighted by atomic mass is 9.99. The molecule has 0 fully saturated rings. The van der Waals surface area contributed by atoms with E-state index >= 15 is 0 Å². The standard InChI is InChI=1S/C20H21ClN2O2/c1-23-10-9-15-5-6-17(12-16(15)13-23)22-20(24)8-4-14-3-7-19(25-2)18(21)11-14/h3-8,11-12H,9-10,13H2,1-2H3,(H,22,24). The highest BCUT2D eigenvalue weighted by molar-refractivity contribution is 6.32. The van der Waals surface area contributed by atoms with Crippen LogP contribution in [0.4, 0.5) is 5.69 Å². The van der Waals surface area contributed by atoms with Crippen molar-refractivity contribution < 1.29 is 9.53 Å². The quantitative estimate of drug-likeness (QED) is 0.842. The molecule has 1 aliphatic heterocycles. The van der Waals surface area contributed by atoms with E-state index in [4.69, 9.17) is 16.3 Å². The van der Waals surface area contributed by atoms with Gasteiger partial charge < -0.3 is 15.0 Å². The summed E-state index contributed by atoms with van der Waals surface area (Å²) in [6, 6.07) is 11.5. The summed E-state index contributed by atoms with van der Waals surface area (Å²) in [5.41, 5.74) is 4.29. The van der Waals surface area contributed by atoms with Crippen molar-refractivity contribution >= 4 is 29.3 Å². The SMILES string of the molecule is COc1ccc(C=CC(=O)Nc2ccc3c(c2)CN(C)CC3)cc1Cl. The van der Waals surface area contributed by atoms with Gasteiger partial charge in [-0.2, -0.15) is 0 Å². The van der Waals surface area contributed by atoms with Crippen LogP contribution >= 0.6 is 11.6 Å². The van der Waals surface area contributed by atoms with Gasteiger partial charge >= 0.3 is 0 Å². The van der Waals surface area contributed by atoms with Crippen molar-refractivity contribution in [1.82, 2.24) is 4.90 Å². The van der Waals surface area contributed by atoms with Crippen molar-refractivity contribution in [2.24, 2.45) is 0 Å². The lowest BCUT2D eigenvalue weighted by molar-refractivity contribution is -0.111. The highest BCUT2D eigenvalue weighted by Gasteiger charge is 2.13. The van der Waals surface area contributed by atoms with Crippen LogP contribution in [-0.4, -0.2) is 31.5 Å². The molecular formula is C20H21ClN2O2. The Labute approximate surface area is 153 Å². The number of halogens is 1. The zero-order valence-electron chi connectivity index (χ0n) is 14.4. The molecule has 1 aliphatic rings. The number of hydrogen-bond acceptors (Lipinski definition) is 3. The fraction of sp³-hybridized carbons (Fsp3) is 0.250. The van der Waals surface area contributed by atoms with E-state index in [1.807, 2.05) is 12.1 Å². The third kappa shape index (κ3) is 4.41. The van der Waals surface area contributed by atoms with Crippen LogP contribution in [0.3, 0.4) is 0 Å². The van der Waals surface area contributed by atoms with Crippen LogP contribution in [0, 0.1) is 0 Å². The summed E-state index contributed by atoms with van der Waals surface area (Å²) in [5.74, 6) is 0.443. The molecule has 1 N–H and O–H groups in total. The van der Waals surface area contributed by atoms with Crippen molar-refractivity contribution in [1.29, 1.82) is 0 Å². The van der Waals surface area contributed by atoms with Crippen molar-refractivity contribution in [3.05, 3.63) is 64.2 Å². The van der Waals surface area contributed by atoms with Crippen LogP contribution in [0.5, 0.6) is 5.75 Å². The monoisotopic (exact) mass is 356 g/mol. The Morgan fingerprint density at radius 2 is 2.08 bits per heavy atom. The summed E-state index contributed by atoms with van der Waals surface area (Å²) in [6.07, 6.45) is 4.29. The number of anilines is 1. The second-order valence-electron chi connectivity index (χ2n) is 6.19. The van der Waals surface area contributed by atoms with Crippen LogP contribution in [0.2, 0.25) is 5.02 Å². The Bertz CT molecular complexity index is 817. The molecule has 5 heteroatoms. The fourth-order valence-corrected chi connectivity index (χ4v) is 3.18. The van der Waals surface area contributed by atoms with Crippen LogP contribution in [-0.2, 0) is 17.8 Å². The normalized spacial score (nSPS) is 14.4. The average Bonchev–Trinajstić information content (AvgIpc) is 2.59. The first kappa shape index (κ1) is 17.5. The molecule has 0 aliphatic carbocycles. The number of nitrogens with zero attached hydrogens (tertiary/aromatic N) is 1. The van der Waals surface area contributed by atoms with E-state index in [1.165, 1.54) is 17.2 Å². The van der Waals surface area contributed by atoms with E-state index in [2.05, 4.69) is 29.4 Å². The van der Waals surface area contributed by atoms with Gasteiger partial charge in [0, 0.05) is 24.9 Å². The van der Waals surface area contributed by atoms with Gasteiger partial charge in [0.1, 0.15) is 5.75 Å². The summed E-state index contributed by atoms with van der Waals surface area (Å²) in [7, 11) is 3.68. The number of amides is 1. The maximum Gasteiger partial charge on any atom is 0.248 e. The van der Waals surface area contributed by atoms with Gasteiger partial charge in [-0.15, -0.1) is 0 Å². The van der Waals surface area contributed by atoms with Crippen molar-refractivity contribution in [2.45, 2.75) is 13.0 Å². The van der Waals surface area contributed by atoms with E-state index in [-0.39, 0.29) is 5.91 Å². The fourth-order valence-electron chi connectivity index (χ4n) is 2.92. The molecule has 0 spiro atoms. The van der Waals surface area contributed by atoms with Gasteiger partial charge in [0.15, 0.2) is 0 Å². The number of nitrogens with one attached hydrogen (secondary N) is 1. The molecule has 0 unspecified atom stereocenters. The molecule has 2 aromatic carbocycles. The van der Waals surface area contributed by atoms with Crippen LogP contribution in [0.1, 0.15) is 16.7 Å². The molecule has 2 aromatic rings. The molecule has 130 valence electrons. The van der Waals surface area contributed by atoms with E-state index in [1.54, 1.807) is 25.3 Å². The van der Waals surface area contributed by atoms with Gasteiger partial charge in [-0.3, -0.25) is 4.79 Å². The van der Waals surface area contributed by atoms with Gasteiger partial charge in [-0.05, 0) is 60.5 Å². The van der Waals surface area contributed by atoms with Crippen LogP contribution in [0.25, 0.3) is 6.08 Å². The largest absolute Gasteiger partial charge is 0.495 e. The minimum Gasteiger partial charge on any atom is -0.495 e. The van der Waals surface area contributed by atoms with Crippen LogP contribution < -0.4 is 10.1 Å². The summed E-state index contributed by atoms with van der Waals surface area (Å²) in [4.78, 5) is 14.4. The number of rotatable bonds is 4. The molecule has 0 atom stereocenters.